The van der Waals surface area contributed by atoms with Crippen molar-refractivity contribution in [2.24, 2.45) is 0 Å². The molecule has 72 valence electrons. The van der Waals surface area contributed by atoms with Crippen molar-refractivity contribution >= 4 is 0 Å². The summed E-state index contributed by atoms with van der Waals surface area (Å²) in [5, 5.41) is 3.45. The highest BCUT2D eigenvalue weighted by Crippen LogP contribution is 2.23. The van der Waals surface area contributed by atoms with Gasteiger partial charge in [0.1, 0.15) is 0 Å². The molecule has 0 aliphatic carbocycles. The molecule has 0 aliphatic rings. The van der Waals surface area contributed by atoms with Gasteiger partial charge in [-0.2, -0.15) is 0 Å². The van der Waals surface area contributed by atoms with Crippen molar-refractivity contribution in [2.75, 3.05) is 7.05 Å². The first-order valence-corrected chi connectivity index (χ1v) is 5.04. The van der Waals surface area contributed by atoms with E-state index in [2.05, 4.69) is 32.8 Å². The largest absolute Gasteiger partial charge is 0.314 e. The maximum absolute atomic E-state index is 3.82. The van der Waals surface area contributed by atoms with Crippen LogP contribution in [0.15, 0.2) is 12.7 Å². The van der Waals surface area contributed by atoms with Gasteiger partial charge < -0.3 is 5.32 Å². The Hall–Kier alpha value is -0.300. The highest BCUT2D eigenvalue weighted by molar-refractivity contribution is 4.92. The predicted molar refractivity (Wildman–Crippen MR) is 56.4 cm³/mol. The smallest absolute Gasteiger partial charge is 0.0212 e. The molecular weight excluding hydrogens is 146 g/mol. The summed E-state index contributed by atoms with van der Waals surface area (Å²) in [4.78, 5) is 0. The maximum Gasteiger partial charge on any atom is 0.0212 e. The summed E-state index contributed by atoms with van der Waals surface area (Å²) in [6, 6.07) is 0. The quantitative estimate of drug-likeness (QED) is 0.577. The van der Waals surface area contributed by atoms with Crippen LogP contribution in [0.1, 0.15) is 46.0 Å². The summed E-state index contributed by atoms with van der Waals surface area (Å²) in [6.45, 7) is 8.30. The molecule has 1 heteroatoms. The van der Waals surface area contributed by atoms with E-state index < -0.39 is 0 Å². The third kappa shape index (κ3) is 3.40. The summed E-state index contributed by atoms with van der Waals surface area (Å²) in [5.74, 6) is 0. The molecule has 0 heterocycles. The highest BCUT2D eigenvalue weighted by Gasteiger charge is 2.23. The first-order valence-electron chi connectivity index (χ1n) is 5.04. The molecule has 0 saturated heterocycles. The zero-order valence-electron chi connectivity index (χ0n) is 8.82. The molecule has 0 bridgehead atoms. The van der Waals surface area contributed by atoms with Crippen molar-refractivity contribution in [3.8, 4) is 0 Å². The molecule has 0 aromatic rings. The summed E-state index contributed by atoms with van der Waals surface area (Å²) in [7, 11) is 2.06. The van der Waals surface area contributed by atoms with E-state index in [0.717, 1.165) is 6.42 Å². The summed E-state index contributed by atoms with van der Waals surface area (Å²) < 4.78 is 0. The predicted octanol–water partition coefficient (Wildman–Crippen LogP) is 3.12. The number of hydrogen-bond acceptors (Lipinski definition) is 1. The Labute approximate surface area is 77.2 Å². The number of hydrogen-bond donors (Lipinski definition) is 1. The standard InChI is InChI=1S/C11H23N/c1-5-8-11(12-4,9-6-2)10-7-3/h5,12H,1,6-10H2,2-4H3. The van der Waals surface area contributed by atoms with Crippen LogP contribution in [0, 0.1) is 0 Å². The molecule has 0 aliphatic heterocycles. The van der Waals surface area contributed by atoms with Crippen LogP contribution < -0.4 is 5.32 Å². The first kappa shape index (κ1) is 11.7. The molecule has 0 unspecified atom stereocenters. The topological polar surface area (TPSA) is 12.0 Å². The van der Waals surface area contributed by atoms with Crippen molar-refractivity contribution in [1.29, 1.82) is 0 Å². The SMILES string of the molecule is C=CCC(CCC)(CCC)NC. The minimum Gasteiger partial charge on any atom is -0.314 e. The van der Waals surface area contributed by atoms with Crippen LogP contribution in [-0.2, 0) is 0 Å². The van der Waals surface area contributed by atoms with Gasteiger partial charge in [0, 0.05) is 5.54 Å². The molecule has 0 spiro atoms. The lowest BCUT2D eigenvalue weighted by molar-refractivity contribution is 0.298. The van der Waals surface area contributed by atoms with Crippen LogP contribution in [-0.4, -0.2) is 12.6 Å². The van der Waals surface area contributed by atoms with E-state index in [1.54, 1.807) is 0 Å². The maximum atomic E-state index is 3.82. The van der Waals surface area contributed by atoms with Crippen LogP contribution in [0.4, 0.5) is 0 Å². The third-order valence-corrected chi connectivity index (χ3v) is 2.52. The molecular formula is C11H23N. The van der Waals surface area contributed by atoms with Crippen molar-refractivity contribution < 1.29 is 0 Å². The fraction of sp³-hybridized carbons (Fsp3) is 0.818. The average molecular weight is 169 g/mol. The van der Waals surface area contributed by atoms with Gasteiger partial charge in [-0.3, -0.25) is 0 Å². The number of nitrogens with one attached hydrogen (secondary N) is 1. The van der Waals surface area contributed by atoms with Crippen LogP contribution in [0.2, 0.25) is 0 Å². The molecule has 0 amide bonds. The Kier molecular flexibility index (Phi) is 6.09. The van der Waals surface area contributed by atoms with Crippen LogP contribution in [0.25, 0.3) is 0 Å². The molecule has 1 N–H and O–H groups in total. The normalized spacial score (nSPS) is 11.6. The van der Waals surface area contributed by atoms with Crippen LogP contribution >= 0.6 is 0 Å². The Bertz CT molecular complexity index is 112. The fourth-order valence-corrected chi connectivity index (χ4v) is 1.91. The molecule has 1 nitrogen and oxygen atoms in total. The monoisotopic (exact) mass is 169 g/mol. The highest BCUT2D eigenvalue weighted by atomic mass is 14.9. The van der Waals surface area contributed by atoms with E-state index >= 15 is 0 Å². The summed E-state index contributed by atoms with van der Waals surface area (Å²) >= 11 is 0. The zero-order chi connectivity index (χ0) is 9.45. The Morgan fingerprint density at radius 2 is 1.75 bits per heavy atom. The second kappa shape index (κ2) is 6.24. The summed E-state index contributed by atoms with van der Waals surface area (Å²) in [6.07, 6.45) is 8.11. The molecule has 0 atom stereocenters. The van der Waals surface area contributed by atoms with Gasteiger partial charge in [-0.15, -0.1) is 6.58 Å². The van der Waals surface area contributed by atoms with Gasteiger partial charge >= 0.3 is 0 Å². The minimum absolute atomic E-state index is 0.325. The number of rotatable bonds is 7. The van der Waals surface area contributed by atoms with Gasteiger partial charge in [0.15, 0.2) is 0 Å². The average Bonchev–Trinajstić information content (AvgIpc) is 2.06. The van der Waals surface area contributed by atoms with Gasteiger partial charge in [-0.25, -0.2) is 0 Å². The van der Waals surface area contributed by atoms with Crippen LogP contribution in [0.5, 0.6) is 0 Å². The lowest BCUT2D eigenvalue weighted by Gasteiger charge is -2.32. The first-order chi connectivity index (χ1) is 5.74. The second-order valence-corrected chi connectivity index (χ2v) is 3.52. The van der Waals surface area contributed by atoms with Gasteiger partial charge in [0.05, 0.1) is 0 Å². The van der Waals surface area contributed by atoms with Gasteiger partial charge in [0.2, 0.25) is 0 Å². The summed E-state index contributed by atoms with van der Waals surface area (Å²) in [5.41, 5.74) is 0.325. The van der Waals surface area contributed by atoms with Crippen LogP contribution in [0.3, 0.4) is 0 Å². The van der Waals surface area contributed by atoms with E-state index in [4.69, 9.17) is 0 Å². The Morgan fingerprint density at radius 3 is 2.00 bits per heavy atom. The van der Waals surface area contributed by atoms with E-state index in [0.29, 0.717) is 5.54 Å². The zero-order valence-corrected chi connectivity index (χ0v) is 8.82. The van der Waals surface area contributed by atoms with E-state index in [1.165, 1.54) is 25.7 Å². The van der Waals surface area contributed by atoms with E-state index in [9.17, 15) is 0 Å². The fourth-order valence-electron chi connectivity index (χ4n) is 1.91. The van der Waals surface area contributed by atoms with E-state index in [-0.39, 0.29) is 0 Å². The van der Waals surface area contributed by atoms with Gasteiger partial charge in [-0.1, -0.05) is 32.8 Å². The molecule has 0 aromatic carbocycles. The van der Waals surface area contributed by atoms with Gasteiger partial charge in [-0.05, 0) is 26.3 Å². The molecule has 0 fully saturated rings. The van der Waals surface area contributed by atoms with Crippen molar-refractivity contribution in [3.05, 3.63) is 12.7 Å². The molecule has 0 rings (SSSR count). The van der Waals surface area contributed by atoms with Crippen molar-refractivity contribution in [3.63, 3.8) is 0 Å². The van der Waals surface area contributed by atoms with Crippen molar-refractivity contribution in [1.82, 2.24) is 5.32 Å². The molecule has 12 heavy (non-hydrogen) atoms. The Morgan fingerprint density at radius 1 is 1.25 bits per heavy atom. The molecule has 0 radical (unpaired) electrons. The lowest BCUT2D eigenvalue weighted by atomic mass is 9.85. The van der Waals surface area contributed by atoms with Crippen molar-refractivity contribution in [2.45, 2.75) is 51.5 Å². The Balaban J connectivity index is 4.15. The van der Waals surface area contributed by atoms with E-state index in [1.807, 2.05) is 6.08 Å². The molecule has 0 saturated carbocycles. The molecule has 0 aromatic heterocycles. The lowest BCUT2D eigenvalue weighted by Crippen LogP contribution is -2.42. The minimum atomic E-state index is 0.325. The van der Waals surface area contributed by atoms with Gasteiger partial charge in [0.25, 0.3) is 0 Å². The second-order valence-electron chi connectivity index (χ2n) is 3.52. The third-order valence-electron chi connectivity index (χ3n) is 2.52.